The molecule has 2 aliphatic carbocycles. The molecule has 0 aromatic rings. The van der Waals surface area contributed by atoms with Gasteiger partial charge in [-0.2, -0.15) is 0 Å². The molecule has 0 aromatic carbocycles. The van der Waals surface area contributed by atoms with Crippen molar-refractivity contribution < 1.29 is 0 Å². The summed E-state index contributed by atoms with van der Waals surface area (Å²) in [6.45, 7) is 2.23. The van der Waals surface area contributed by atoms with Crippen LogP contribution in [0.1, 0.15) is 45.4 Å². The first-order valence-corrected chi connectivity index (χ1v) is 6.28. The van der Waals surface area contributed by atoms with Crippen LogP contribution in [0.3, 0.4) is 0 Å². The number of fused-ring (bicyclic) bond motifs is 1. The van der Waals surface area contributed by atoms with Crippen LogP contribution in [-0.4, -0.2) is 5.71 Å². The monoisotopic (exact) mass is 203 g/mol. The van der Waals surface area contributed by atoms with Crippen LogP contribution < -0.4 is 0 Å². The van der Waals surface area contributed by atoms with E-state index < -0.39 is 0 Å². The normalized spacial score (nSPS) is 30.7. The number of hydrogen-bond acceptors (Lipinski definition) is 1. The number of nitrogens with one attached hydrogen (secondary N) is 1. The first kappa shape index (κ1) is 10.7. The Morgan fingerprint density at radius 2 is 2.27 bits per heavy atom. The van der Waals surface area contributed by atoms with Gasteiger partial charge in [0.25, 0.3) is 0 Å². The van der Waals surface area contributed by atoms with E-state index in [9.17, 15) is 0 Å². The van der Waals surface area contributed by atoms with E-state index in [-0.39, 0.29) is 0 Å². The van der Waals surface area contributed by atoms with E-state index in [4.69, 9.17) is 5.41 Å². The highest BCUT2D eigenvalue weighted by atomic mass is 14.5. The predicted octanol–water partition coefficient (Wildman–Crippen LogP) is 4.11. The van der Waals surface area contributed by atoms with Gasteiger partial charge in [0.05, 0.1) is 0 Å². The lowest BCUT2D eigenvalue weighted by atomic mass is 9.85. The first-order valence-electron chi connectivity index (χ1n) is 6.28. The van der Waals surface area contributed by atoms with Crippen molar-refractivity contribution in [2.24, 2.45) is 11.8 Å². The van der Waals surface area contributed by atoms with Crippen LogP contribution in [0.15, 0.2) is 23.8 Å². The van der Waals surface area contributed by atoms with E-state index in [0.717, 1.165) is 12.1 Å². The lowest BCUT2D eigenvalue weighted by molar-refractivity contribution is 0.532. The van der Waals surface area contributed by atoms with Gasteiger partial charge in [-0.05, 0) is 31.3 Å². The van der Waals surface area contributed by atoms with Crippen molar-refractivity contribution in [3.63, 3.8) is 0 Å². The molecule has 1 heteroatoms. The van der Waals surface area contributed by atoms with Gasteiger partial charge in [-0.25, -0.2) is 0 Å². The highest BCUT2D eigenvalue weighted by Crippen LogP contribution is 2.34. The van der Waals surface area contributed by atoms with Crippen LogP contribution in [0.25, 0.3) is 0 Å². The van der Waals surface area contributed by atoms with Gasteiger partial charge >= 0.3 is 0 Å². The molecule has 0 heterocycles. The fraction of sp³-hybridized carbons (Fsp3) is 0.643. The van der Waals surface area contributed by atoms with Crippen molar-refractivity contribution in [3.8, 4) is 0 Å². The van der Waals surface area contributed by atoms with Crippen LogP contribution in [0.2, 0.25) is 0 Å². The molecule has 0 spiro atoms. The van der Waals surface area contributed by atoms with Crippen LogP contribution in [0, 0.1) is 17.2 Å². The molecule has 0 saturated heterocycles. The van der Waals surface area contributed by atoms with Gasteiger partial charge in [-0.15, -0.1) is 0 Å². The van der Waals surface area contributed by atoms with Crippen molar-refractivity contribution in [1.29, 1.82) is 5.41 Å². The summed E-state index contributed by atoms with van der Waals surface area (Å²) in [5.74, 6) is 1.10. The van der Waals surface area contributed by atoms with Crippen molar-refractivity contribution >= 4 is 5.71 Å². The Morgan fingerprint density at radius 1 is 1.40 bits per heavy atom. The molecule has 0 radical (unpaired) electrons. The molecule has 0 bridgehead atoms. The molecule has 2 aliphatic rings. The van der Waals surface area contributed by atoms with Crippen LogP contribution >= 0.6 is 0 Å². The lowest BCUT2D eigenvalue weighted by Gasteiger charge is -2.20. The molecule has 0 aromatic heterocycles. The standard InChI is InChI=1S/C14H21N/c1-2-6-12-9-5-8-11-7-3-4-10-13(11)14(12)15/h3,7,10-12,15H,2,4-6,8-9H2,1H3. The zero-order chi connectivity index (χ0) is 10.7. The Bertz CT molecular complexity index is 298. The molecule has 2 atom stereocenters. The van der Waals surface area contributed by atoms with Crippen molar-refractivity contribution in [1.82, 2.24) is 0 Å². The molecule has 1 N–H and O–H groups in total. The summed E-state index contributed by atoms with van der Waals surface area (Å²) >= 11 is 0. The Kier molecular flexibility index (Phi) is 3.40. The van der Waals surface area contributed by atoms with Gasteiger partial charge in [-0.1, -0.05) is 38.0 Å². The van der Waals surface area contributed by atoms with Crippen LogP contribution in [0.5, 0.6) is 0 Å². The van der Waals surface area contributed by atoms with Gasteiger partial charge in [0, 0.05) is 17.5 Å². The Balaban J connectivity index is 2.16. The summed E-state index contributed by atoms with van der Waals surface area (Å²) < 4.78 is 0. The van der Waals surface area contributed by atoms with E-state index in [1.807, 2.05) is 0 Å². The SMILES string of the molecule is CCCC1CCCC2C=CCC=C2C1=N. The molecule has 1 fully saturated rings. The smallest absolute Gasteiger partial charge is 0.0379 e. The van der Waals surface area contributed by atoms with Crippen molar-refractivity contribution in [3.05, 3.63) is 23.8 Å². The summed E-state index contributed by atoms with van der Waals surface area (Å²) in [6.07, 6.45) is 14.1. The second-order valence-corrected chi connectivity index (χ2v) is 4.76. The summed E-state index contributed by atoms with van der Waals surface area (Å²) in [7, 11) is 0. The number of rotatable bonds is 2. The first-order chi connectivity index (χ1) is 7.33. The highest BCUT2D eigenvalue weighted by Gasteiger charge is 2.26. The zero-order valence-corrected chi connectivity index (χ0v) is 9.63. The summed E-state index contributed by atoms with van der Waals surface area (Å²) in [5, 5.41) is 8.31. The Morgan fingerprint density at radius 3 is 3.07 bits per heavy atom. The predicted molar refractivity (Wildman–Crippen MR) is 65.3 cm³/mol. The quantitative estimate of drug-likeness (QED) is 0.653. The maximum absolute atomic E-state index is 8.31. The second-order valence-electron chi connectivity index (χ2n) is 4.76. The molecule has 2 unspecified atom stereocenters. The molecule has 15 heavy (non-hydrogen) atoms. The zero-order valence-electron chi connectivity index (χ0n) is 9.63. The lowest BCUT2D eigenvalue weighted by Crippen LogP contribution is -2.17. The molecule has 82 valence electrons. The average molecular weight is 203 g/mol. The van der Waals surface area contributed by atoms with E-state index in [1.165, 1.54) is 37.7 Å². The summed E-state index contributed by atoms with van der Waals surface area (Å²) in [6, 6.07) is 0. The maximum atomic E-state index is 8.31. The fourth-order valence-electron chi connectivity index (χ4n) is 2.86. The largest absolute Gasteiger partial charge is 0.305 e. The van der Waals surface area contributed by atoms with Gasteiger partial charge in [0.15, 0.2) is 0 Å². The Hall–Kier alpha value is -0.850. The summed E-state index contributed by atoms with van der Waals surface area (Å²) in [5.41, 5.74) is 2.29. The van der Waals surface area contributed by atoms with Gasteiger partial charge in [-0.3, -0.25) is 0 Å². The average Bonchev–Trinajstić information content (AvgIpc) is 2.41. The van der Waals surface area contributed by atoms with Gasteiger partial charge in [0.1, 0.15) is 0 Å². The third kappa shape index (κ3) is 2.22. The summed E-state index contributed by atoms with van der Waals surface area (Å²) in [4.78, 5) is 0. The van der Waals surface area contributed by atoms with Crippen molar-refractivity contribution in [2.45, 2.75) is 45.4 Å². The van der Waals surface area contributed by atoms with E-state index >= 15 is 0 Å². The van der Waals surface area contributed by atoms with Crippen LogP contribution in [-0.2, 0) is 0 Å². The minimum absolute atomic E-state index is 0.540. The minimum Gasteiger partial charge on any atom is -0.305 e. The van der Waals surface area contributed by atoms with Gasteiger partial charge < -0.3 is 5.41 Å². The van der Waals surface area contributed by atoms with E-state index in [1.54, 1.807) is 0 Å². The van der Waals surface area contributed by atoms with E-state index in [0.29, 0.717) is 11.8 Å². The molecular formula is C14H21N. The highest BCUT2D eigenvalue weighted by molar-refractivity contribution is 6.00. The van der Waals surface area contributed by atoms with E-state index in [2.05, 4.69) is 25.2 Å². The fourth-order valence-corrected chi connectivity index (χ4v) is 2.86. The topological polar surface area (TPSA) is 23.9 Å². The molecule has 1 nitrogen and oxygen atoms in total. The van der Waals surface area contributed by atoms with Crippen LogP contribution in [0.4, 0.5) is 0 Å². The molecule has 0 amide bonds. The second kappa shape index (κ2) is 4.78. The molecular weight excluding hydrogens is 182 g/mol. The van der Waals surface area contributed by atoms with Gasteiger partial charge in [0.2, 0.25) is 0 Å². The molecule has 0 aliphatic heterocycles. The Labute approximate surface area is 92.8 Å². The maximum Gasteiger partial charge on any atom is 0.0379 e. The third-order valence-corrected chi connectivity index (χ3v) is 3.67. The number of hydrogen-bond donors (Lipinski definition) is 1. The number of allylic oxidation sites excluding steroid dienone is 4. The third-order valence-electron chi connectivity index (χ3n) is 3.67. The molecule has 2 rings (SSSR count). The molecule has 1 saturated carbocycles. The minimum atomic E-state index is 0.540. The van der Waals surface area contributed by atoms with Crippen molar-refractivity contribution in [2.75, 3.05) is 0 Å².